The third-order valence-corrected chi connectivity index (χ3v) is 4.66. The van der Waals surface area contributed by atoms with Crippen LogP contribution in [0.1, 0.15) is 34.6 Å². The van der Waals surface area contributed by atoms with E-state index in [9.17, 15) is 14.4 Å². The molecule has 3 amide bonds. The van der Waals surface area contributed by atoms with Gasteiger partial charge in [-0.25, -0.2) is 0 Å². The molecule has 0 bridgehead atoms. The van der Waals surface area contributed by atoms with Crippen LogP contribution in [0.2, 0.25) is 5.02 Å². The Labute approximate surface area is 181 Å². The Bertz CT molecular complexity index is 887. The van der Waals surface area contributed by atoms with Gasteiger partial charge in [-0.2, -0.15) is 0 Å². The van der Waals surface area contributed by atoms with E-state index in [-0.39, 0.29) is 28.7 Å². The van der Waals surface area contributed by atoms with Crippen molar-refractivity contribution in [3.63, 3.8) is 0 Å². The van der Waals surface area contributed by atoms with Gasteiger partial charge >= 0.3 is 0 Å². The molecule has 30 heavy (non-hydrogen) atoms. The SMILES string of the molecule is COCCNC(=O)c1ccc(NC(=O)C(NC(=O)c2ccccc2)C(C)C)cc1Cl. The van der Waals surface area contributed by atoms with Crippen LogP contribution in [0.5, 0.6) is 0 Å². The summed E-state index contributed by atoms with van der Waals surface area (Å²) in [5.41, 5.74) is 1.20. The summed E-state index contributed by atoms with van der Waals surface area (Å²) >= 11 is 6.21. The molecule has 160 valence electrons. The van der Waals surface area contributed by atoms with E-state index in [1.807, 2.05) is 19.9 Å². The summed E-state index contributed by atoms with van der Waals surface area (Å²) in [5.74, 6) is -1.17. The number of halogens is 1. The van der Waals surface area contributed by atoms with Crippen molar-refractivity contribution in [2.75, 3.05) is 25.6 Å². The molecule has 1 unspecified atom stereocenters. The normalized spacial score (nSPS) is 11.6. The molecule has 2 rings (SSSR count). The van der Waals surface area contributed by atoms with Crippen LogP contribution in [0.25, 0.3) is 0 Å². The van der Waals surface area contributed by atoms with Gasteiger partial charge in [-0.1, -0.05) is 43.6 Å². The highest BCUT2D eigenvalue weighted by Gasteiger charge is 2.25. The van der Waals surface area contributed by atoms with Crippen molar-refractivity contribution < 1.29 is 19.1 Å². The molecular weight excluding hydrogens is 406 g/mol. The number of hydrogen-bond acceptors (Lipinski definition) is 4. The van der Waals surface area contributed by atoms with Crippen LogP contribution in [0.3, 0.4) is 0 Å². The number of ether oxygens (including phenoxy) is 1. The van der Waals surface area contributed by atoms with Gasteiger partial charge in [-0.15, -0.1) is 0 Å². The van der Waals surface area contributed by atoms with Crippen molar-refractivity contribution in [1.29, 1.82) is 0 Å². The summed E-state index contributed by atoms with van der Waals surface area (Å²) in [7, 11) is 1.54. The predicted molar refractivity (Wildman–Crippen MR) is 117 cm³/mol. The lowest BCUT2D eigenvalue weighted by Crippen LogP contribution is -2.47. The van der Waals surface area contributed by atoms with Gasteiger partial charge in [0, 0.05) is 24.9 Å². The summed E-state index contributed by atoms with van der Waals surface area (Å²) in [6.07, 6.45) is 0. The van der Waals surface area contributed by atoms with Crippen molar-refractivity contribution in [1.82, 2.24) is 10.6 Å². The molecule has 0 heterocycles. The Kier molecular flexibility index (Phi) is 8.83. The lowest BCUT2D eigenvalue weighted by atomic mass is 10.0. The van der Waals surface area contributed by atoms with Gasteiger partial charge in [0.1, 0.15) is 6.04 Å². The van der Waals surface area contributed by atoms with Crippen molar-refractivity contribution in [2.45, 2.75) is 19.9 Å². The average Bonchev–Trinajstić information content (AvgIpc) is 2.72. The van der Waals surface area contributed by atoms with E-state index in [0.717, 1.165) is 0 Å². The lowest BCUT2D eigenvalue weighted by molar-refractivity contribution is -0.118. The summed E-state index contributed by atoms with van der Waals surface area (Å²) in [5, 5.41) is 8.41. The minimum absolute atomic E-state index is 0.140. The molecule has 0 radical (unpaired) electrons. The van der Waals surface area contributed by atoms with E-state index in [1.54, 1.807) is 37.4 Å². The molecule has 0 aromatic heterocycles. The van der Waals surface area contributed by atoms with Crippen molar-refractivity contribution in [3.05, 3.63) is 64.7 Å². The van der Waals surface area contributed by atoms with Crippen LogP contribution in [-0.4, -0.2) is 44.0 Å². The van der Waals surface area contributed by atoms with Crippen molar-refractivity contribution in [2.24, 2.45) is 5.92 Å². The van der Waals surface area contributed by atoms with Crippen LogP contribution < -0.4 is 16.0 Å². The van der Waals surface area contributed by atoms with Gasteiger partial charge in [0.2, 0.25) is 5.91 Å². The highest BCUT2D eigenvalue weighted by atomic mass is 35.5. The minimum atomic E-state index is -0.742. The van der Waals surface area contributed by atoms with Crippen LogP contribution in [0.15, 0.2) is 48.5 Å². The number of anilines is 1. The van der Waals surface area contributed by atoms with E-state index >= 15 is 0 Å². The molecule has 3 N–H and O–H groups in total. The summed E-state index contributed by atoms with van der Waals surface area (Å²) in [6, 6.07) is 12.6. The average molecular weight is 432 g/mol. The first-order valence-electron chi connectivity index (χ1n) is 9.57. The smallest absolute Gasteiger partial charge is 0.252 e. The standard InChI is InChI=1S/C22H26ClN3O4/c1-14(2)19(26-20(27)15-7-5-4-6-8-15)22(29)25-16-9-10-17(18(23)13-16)21(28)24-11-12-30-3/h4-10,13-14,19H,11-12H2,1-3H3,(H,24,28)(H,25,29)(H,26,27). The summed E-state index contributed by atoms with van der Waals surface area (Å²) in [4.78, 5) is 37.3. The number of hydrogen-bond donors (Lipinski definition) is 3. The fourth-order valence-electron chi connectivity index (χ4n) is 2.71. The monoisotopic (exact) mass is 431 g/mol. The molecule has 8 heteroatoms. The first-order valence-corrected chi connectivity index (χ1v) is 9.94. The second-order valence-corrected chi connectivity index (χ2v) is 7.40. The molecule has 2 aromatic carbocycles. The summed E-state index contributed by atoms with van der Waals surface area (Å²) < 4.78 is 4.89. The van der Waals surface area contributed by atoms with Gasteiger partial charge in [-0.05, 0) is 36.2 Å². The highest BCUT2D eigenvalue weighted by molar-refractivity contribution is 6.34. The van der Waals surface area contributed by atoms with Crippen molar-refractivity contribution in [3.8, 4) is 0 Å². The first kappa shape index (κ1) is 23.4. The Balaban J connectivity index is 2.06. The lowest BCUT2D eigenvalue weighted by Gasteiger charge is -2.22. The van der Waals surface area contributed by atoms with E-state index in [4.69, 9.17) is 16.3 Å². The van der Waals surface area contributed by atoms with E-state index in [2.05, 4.69) is 16.0 Å². The zero-order valence-electron chi connectivity index (χ0n) is 17.2. The molecule has 2 aromatic rings. The highest BCUT2D eigenvalue weighted by Crippen LogP contribution is 2.21. The van der Waals surface area contributed by atoms with Gasteiger partial charge in [0.25, 0.3) is 11.8 Å². The van der Waals surface area contributed by atoms with Gasteiger partial charge in [-0.3, -0.25) is 14.4 Å². The van der Waals surface area contributed by atoms with Gasteiger partial charge < -0.3 is 20.7 Å². The molecular formula is C22H26ClN3O4. The molecule has 0 aliphatic carbocycles. The molecule has 0 fully saturated rings. The molecule has 7 nitrogen and oxygen atoms in total. The topological polar surface area (TPSA) is 96.5 Å². The number of amides is 3. The first-order chi connectivity index (χ1) is 14.3. The van der Waals surface area contributed by atoms with Gasteiger partial charge in [0.05, 0.1) is 17.2 Å². The van der Waals surface area contributed by atoms with Crippen LogP contribution in [0.4, 0.5) is 5.69 Å². The Morgan fingerprint density at radius 3 is 2.33 bits per heavy atom. The van der Waals surface area contributed by atoms with Crippen LogP contribution in [0, 0.1) is 5.92 Å². The van der Waals surface area contributed by atoms with E-state index in [0.29, 0.717) is 30.0 Å². The maximum atomic E-state index is 12.8. The fourth-order valence-corrected chi connectivity index (χ4v) is 2.97. The molecule has 0 saturated carbocycles. The molecule has 0 aliphatic rings. The number of nitrogens with one attached hydrogen (secondary N) is 3. The maximum absolute atomic E-state index is 12.8. The Morgan fingerprint density at radius 1 is 1.03 bits per heavy atom. The zero-order valence-corrected chi connectivity index (χ0v) is 18.0. The Hall–Kier alpha value is -2.90. The zero-order chi connectivity index (χ0) is 22.1. The maximum Gasteiger partial charge on any atom is 0.252 e. The third-order valence-electron chi connectivity index (χ3n) is 4.34. The summed E-state index contributed by atoms with van der Waals surface area (Å²) in [6.45, 7) is 4.44. The van der Waals surface area contributed by atoms with Crippen molar-refractivity contribution >= 4 is 35.0 Å². The van der Waals surface area contributed by atoms with E-state index in [1.165, 1.54) is 12.1 Å². The number of benzene rings is 2. The predicted octanol–water partition coefficient (Wildman–Crippen LogP) is 3.11. The second kappa shape index (κ2) is 11.3. The molecule has 1 atom stereocenters. The molecule has 0 saturated heterocycles. The minimum Gasteiger partial charge on any atom is -0.383 e. The number of methoxy groups -OCH3 is 1. The second-order valence-electron chi connectivity index (χ2n) is 6.99. The number of carbonyl (C=O) groups is 3. The van der Waals surface area contributed by atoms with Gasteiger partial charge in [0.15, 0.2) is 0 Å². The number of carbonyl (C=O) groups excluding carboxylic acids is 3. The quantitative estimate of drug-likeness (QED) is 0.531. The molecule has 0 aliphatic heterocycles. The number of rotatable bonds is 9. The van der Waals surface area contributed by atoms with Crippen LogP contribution in [-0.2, 0) is 9.53 Å². The van der Waals surface area contributed by atoms with E-state index < -0.39 is 6.04 Å². The molecule has 0 spiro atoms. The largest absolute Gasteiger partial charge is 0.383 e. The fraction of sp³-hybridized carbons (Fsp3) is 0.318. The third kappa shape index (κ3) is 6.57. The Morgan fingerprint density at radius 2 is 1.73 bits per heavy atom. The van der Waals surface area contributed by atoms with Crippen LogP contribution >= 0.6 is 11.6 Å².